The number of ether oxygens (including phenoxy) is 1. The van der Waals surface area contributed by atoms with E-state index in [4.69, 9.17) is 27.9 Å². The van der Waals surface area contributed by atoms with Crippen LogP contribution in [0.1, 0.15) is 11.1 Å². The summed E-state index contributed by atoms with van der Waals surface area (Å²) in [6, 6.07) is 9.60. The molecule has 0 fully saturated rings. The molecule has 0 saturated heterocycles. The quantitative estimate of drug-likeness (QED) is 0.775. The van der Waals surface area contributed by atoms with Crippen LogP contribution in [0, 0.1) is 5.82 Å². The first-order valence-electron chi connectivity index (χ1n) is 7.45. The first-order chi connectivity index (χ1) is 11.9. The van der Waals surface area contributed by atoms with Gasteiger partial charge in [0.15, 0.2) is 0 Å². The Morgan fingerprint density at radius 1 is 1.12 bits per heavy atom. The number of halogens is 3. The summed E-state index contributed by atoms with van der Waals surface area (Å²) in [6.07, 6.45) is 0.102. The second-order valence-electron chi connectivity index (χ2n) is 5.35. The summed E-state index contributed by atoms with van der Waals surface area (Å²) in [6.45, 7) is 0. The molecule has 1 N–H and O–H groups in total. The number of benzene rings is 2. The van der Waals surface area contributed by atoms with Gasteiger partial charge in [0.2, 0.25) is 5.91 Å². The van der Waals surface area contributed by atoms with Gasteiger partial charge in [0.25, 0.3) is 0 Å². The number of carbonyl (C=O) groups excluding carboxylic acids is 2. The highest BCUT2D eigenvalue weighted by atomic mass is 35.5. The standard InChI is InChI=1S/C18H16Cl2FNO3/c1-25-18(24)16(10-13-14(19)3-2-4-15(13)20)22-17(23)9-11-5-7-12(21)8-6-11/h2-8,16H,9-10H2,1H3,(H,22,23)/t16-/m1/s1. The monoisotopic (exact) mass is 383 g/mol. The zero-order valence-corrected chi connectivity index (χ0v) is 14.9. The molecule has 1 atom stereocenters. The largest absolute Gasteiger partial charge is 0.467 e. The van der Waals surface area contributed by atoms with Crippen molar-refractivity contribution in [2.45, 2.75) is 18.9 Å². The van der Waals surface area contributed by atoms with E-state index >= 15 is 0 Å². The third-order valence-electron chi connectivity index (χ3n) is 3.57. The van der Waals surface area contributed by atoms with Gasteiger partial charge in [-0.25, -0.2) is 9.18 Å². The summed E-state index contributed by atoms with van der Waals surface area (Å²) in [7, 11) is 1.23. The third kappa shape index (κ3) is 5.44. The lowest BCUT2D eigenvalue weighted by Crippen LogP contribution is -2.43. The van der Waals surface area contributed by atoms with Crippen molar-refractivity contribution in [2.75, 3.05) is 7.11 Å². The van der Waals surface area contributed by atoms with Crippen molar-refractivity contribution in [3.05, 3.63) is 69.5 Å². The first-order valence-corrected chi connectivity index (χ1v) is 8.21. The average Bonchev–Trinajstić information content (AvgIpc) is 2.58. The van der Waals surface area contributed by atoms with Crippen LogP contribution in [0.15, 0.2) is 42.5 Å². The molecule has 2 aromatic carbocycles. The first kappa shape index (κ1) is 19.2. The molecule has 0 aromatic heterocycles. The molecular weight excluding hydrogens is 368 g/mol. The van der Waals surface area contributed by atoms with Gasteiger partial charge >= 0.3 is 5.97 Å². The summed E-state index contributed by atoms with van der Waals surface area (Å²) in [5, 5.41) is 3.40. The summed E-state index contributed by atoms with van der Waals surface area (Å²) >= 11 is 12.2. The number of esters is 1. The van der Waals surface area contributed by atoms with Gasteiger partial charge in [-0.05, 0) is 35.4 Å². The number of amides is 1. The van der Waals surface area contributed by atoms with Crippen molar-refractivity contribution in [3.63, 3.8) is 0 Å². The predicted molar refractivity (Wildman–Crippen MR) is 94.2 cm³/mol. The summed E-state index contributed by atoms with van der Waals surface area (Å²) < 4.78 is 17.7. The van der Waals surface area contributed by atoms with Crippen molar-refractivity contribution >= 4 is 35.1 Å². The van der Waals surface area contributed by atoms with Crippen LogP contribution in [0.3, 0.4) is 0 Å². The maximum Gasteiger partial charge on any atom is 0.328 e. The Morgan fingerprint density at radius 3 is 2.28 bits per heavy atom. The fraction of sp³-hybridized carbons (Fsp3) is 0.222. The number of nitrogens with one attached hydrogen (secondary N) is 1. The molecule has 0 aliphatic carbocycles. The van der Waals surface area contributed by atoms with Crippen LogP contribution in [0.25, 0.3) is 0 Å². The van der Waals surface area contributed by atoms with Gasteiger partial charge in [-0.3, -0.25) is 4.79 Å². The molecule has 132 valence electrons. The SMILES string of the molecule is COC(=O)[C@@H](Cc1c(Cl)cccc1Cl)NC(=O)Cc1ccc(F)cc1. The molecule has 25 heavy (non-hydrogen) atoms. The fourth-order valence-electron chi connectivity index (χ4n) is 2.30. The number of hydrogen-bond acceptors (Lipinski definition) is 3. The molecule has 2 aromatic rings. The van der Waals surface area contributed by atoms with Gasteiger partial charge in [-0.2, -0.15) is 0 Å². The van der Waals surface area contributed by atoms with Crippen LogP contribution in [-0.2, 0) is 27.2 Å². The number of rotatable bonds is 6. The Labute approximate surface area is 154 Å². The second kappa shape index (κ2) is 8.83. The Bertz CT molecular complexity index is 745. The minimum Gasteiger partial charge on any atom is -0.467 e. The van der Waals surface area contributed by atoms with Crippen LogP contribution in [0.5, 0.6) is 0 Å². The molecule has 2 rings (SSSR count). The highest BCUT2D eigenvalue weighted by Gasteiger charge is 2.24. The Balaban J connectivity index is 2.11. The van der Waals surface area contributed by atoms with Crippen LogP contribution >= 0.6 is 23.2 Å². The van der Waals surface area contributed by atoms with E-state index in [1.54, 1.807) is 18.2 Å². The highest BCUT2D eigenvalue weighted by molar-refractivity contribution is 6.36. The molecule has 0 heterocycles. The highest BCUT2D eigenvalue weighted by Crippen LogP contribution is 2.25. The lowest BCUT2D eigenvalue weighted by atomic mass is 10.0. The molecule has 0 spiro atoms. The number of hydrogen-bond donors (Lipinski definition) is 1. The zero-order chi connectivity index (χ0) is 18.4. The van der Waals surface area contributed by atoms with Gasteiger partial charge in [0, 0.05) is 16.5 Å². The van der Waals surface area contributed by atoms with E-state index in [0.29, 0.717) is 21.2 Å². The predicted octanol–water partition coefficient (Wildman–Crippen LogP) is 3.58. The molecule has 0 bridgehead atoms. The van der Waals surface area contributed by atoms with E-state index in [0.717, 1.165) is 0 Å². The van der Waals surface area contributed by atoms with Gasteiger partial charge in [0.05, 0.1) is 13.5 Å². The molecule has 0 aliphatic heterocycles. The molecule has 1 amide bonds. The smallest absolute Gasteiger partial charge is 0.328 e. The average molecular weight is 384 g/mol. The normalized spacial score (nSPS) is 11.7. The van der Waals surface area contributed by atoms with Crippen molar-refractivity contribution in [3.8, 4) is 0 Å². The minimum atomic E-state index is -0.935. The van der Waals surface area contributed by atoms with E-state index in [9.17, 15) is 14.0 Å². The van der Waals surface area contributed by atoms with Crippen LogP contribution in [0.2, 0.25) is 10.0 Å². The molecule has 7 heteroatoms. The summed E-state index contributed by atoms with van der Waals surface area (Å²) in [5.74, 6) is -1.39. The molecule has 0 saturated carbocycles. The van der Waals surface area contributed by atoms with E-state index in [2.05, 4.69) is 5.32 Å². The maximum absolute atomic E-state index is 12.9. The van der Waals surface area contributed by atoms with Crippen molar-refractivity contribution in [1.82, 2.24) is 5.32 Å². The van der Waals surface area contributed by atoms with E-state index in [1.165, 1.54) is 31.4 Å². The summed E-state index contributed by atoms with van der Waals surface area (Å²) in [4.78, 5) is 24.2. The van der Waals surface area contributed by atoms with Gasteiger partial charge in [-0.1, -0.05) is 41.4 Å². The molecular formula is C18H16Cl2FNO3. The summed E-state index contributed by atoms with van der Waals surface area (Å²) in [5.41, 5.74) is 1.17. The Kier molecular flexibility index (Phi) is 6.79. The molecule has 4 nitrogen and oxygen atoms in total. The van der Waals surface area contributed by atoms with E-state index in [1.807, 2.05) is 0 Å². The lowest BCUT2D eigenvalue weighted by Gasteiger charge is -2.18. The number of carbonyl (C=O) groups is 2. The maximum atomic E-state index is 12.9. The molecule has 0 aliphatic rings. The van der Waals surface area contributed by atoms with Crippen molar-refractivity contribution in [2.24, 2.45) is 0 Å². The lowest BCUT2D eigenvalue weighted by molar-refractivity contribution is -0.145. The van der Waals surface area contributed by atoms with Crippen LogP contribution < -0.4 is 5.32 Å². The van der Waals surface area contributed by atoms with Crippen LogP contribution in [-0.4, -0.2) is 25.0 Å². The van der Waals surface area contributed by atoms with Crippen molar-refractivity contribution < 1.29 is 18.7 Å². The second-order valence-corrected chi connectivity index (χ2v) is 6.17. The van der Waals surface area contributed by atoms with Gasteiger partial charge in [0.1, 0.15) is 11.9 Å². The molecule has 0 radical (unpaired) electrons. The van der Waals surface area contributed by atoms with Gasteiger partial charge in [-0.15, -0.1) is 0 Å². The topological polar surface area (TPSA) is 55.4 Å². The van der Waals surface area contributed by atoms with Gasteiger partial charge < -0.3 is 10.1 Å². The Morgan fingerprint density at radius 2 is 1.72 bits per heavy atom. The van der Waals surface area contributed by atoms with Crippen molar-refractivity contribution in [1.29, 1.82) is 0 Å². The van der Waals surface area contributed by atoms with E-state index in [-0.39, 0.29) is 18.7 Å². The minimum absolute atomic E-state index is 0.00400. The fourth-order valence-corrected chi connectivity index (χ4v) is 2.85. The molecule has 0 unspecified atom stereocenters. The van der Waals surface area contributed by atoms with Crippen LogP contribution in [0.4, 0.5) is 4.39 Å². The number of methoxy groups -OCH3 is 1. The zero-order valence-electron chi connectivity index (χ0n) is 13.4. The van der Waals surface area contributed by atoms with E-state index < -0.39 is 17.9 Å². The Hall–Kier alpha value is -2.11. The third-order valence-corrected chi connectivity index (χ3v) is 4.28.